The Labute approximate surface area is 190 Å². The molecule has 8 nitrogen and oxygen atoms in total. The molecule has 0 aromatic heterocycles. The zero-order valence-corrected chi connectivity index (χ0v) is 19.7. The largest absolute Gasteiger partial charge is 0.493 e. The number of ether oxygens (including phenoxy) is 3. The summed E-state index contributed by atoms with van der Waals surface area (Å²) in [5.74, 6) is 2.74. The minimum atomic E-state index is 0.0212. The van der Waals surface area contributed by atoms with E-state index in [1.807, 2.05) is 50.2 Å². The van der Waals surface area contributed by atoms with E-state index in [-0.39, 0.29) is 5.91 Å². The van der Waals surface area contributed by atoms with Gasteiger partial charge in [-0.1, -0.05) is 26.0 Å². The Kier molecular flexibility index (Phi) is 9.66. The number of carbonyl (C=O) groups excluding carboxylic acids is 1. The van der Waals surface area contributed by atoms with E-state index in [2.05, 4.69) is 20.9 Å². The van der Waals surface area contributed by atoms with Gasteiger partial charge in [-0.2, -0.15) is 0 Å². The molecule has 0 unspecified atom stereocenters. The van der Waals surface area contributed by atoms with Crippen LogP contribution in [0, 0.1) is 5.92 Å². The highest BCUT2D eigenvalue weighted by molar-refractivity contribution is 5.90. The predicted octanol–water partition coefficient (Wildman–Crippen LogP) is 3.56. The van der Waals surface area contributed by atoms with Gasteiger partial charge >= 0.3 is 0 Å². The molecule has 0 radical (unpaired) electrons. The maximum atomic E-state index is 12.0. The van der Waals surface area contributed by atoms with Crippen LogP contribution in [0.15, 0.2) is 41.4 Å². The Balaban J connectivity index is 1.97. The summed E-state index contributed by atoms with van der Waals surface area (Å²) in [6.45, 7) is 5.12. The van der Waals surface area contributed by atoms with Crippen molar-refractivity contribution in [3.63, 3.8) is 0 Å². The number of nitrogens with zero attached hydrogens (tertiary/aromatic N) is 1. The van der Waals surface area contributed by atoms with Crippen LogP contribution in [0.4, 0.5) is 5.69 Å². The fourth-order valence-corrected chi connectivity index (χ4v) is 3.17. The van der Waals surface area contributed by atoms with Gasteiger partial charge in [-0.25, -0.2) is 0 Å². The van der Waals surface area contributed by atoms with Crippen molar-refractivity contribution in [2.75, 3.05) is 33.7 Å². The van der Waals surface area contributed by atoms with Gasteiger partial charge in [0, 0.05) is 32.2 Å². The minimum absolute atomic E-state index is 0.0212. The molecule has 8 heteroatoms. The zero-order valence-electron chi connectivity index (χ0n) is 19.7. The quantitative estimate of drug-likeness (QED) is 0.385. The number of anilines is 1. The second-order valence-electron chi connectivity index (χ2n) is 7.66. The summed E-state index contributed by atoms with van der Waals surface area (Å²) in [7, 11) is 6.48. The first-order valence-corrected chi connectivity index (χ1v) is 10.5. The lowest BCUT2D eigenvalue weighted by Gasteiger charge is -2.16. The van der Waals surface area contributed by atoms with E-state index in [1.54, 1.807) is 28.4 Å². The number of carbonyl (C=O) groups is 1. The van der Waals surface area contributed by atoms with Gasteiger partial charge in [-0.15, -0.1) is 0 Å². The van der Waals surface area contributed by atoms with E-state index in [4.69, 9.17) is 14.2 Å². The molecule has 0 heterocycles. The molecule has 0 aliphatic carbocycles. The van der Waals surface area contributed by atoms with Crippen molar-refractivity contribution in [1.29, 1.82) is 0 Å². The zero-order chi connectivity index (χ0) is 23.5. The van der Waals surface area contributed by atoms with Gasteiger partial charge in [-0.3, -0.25) is 9.79 Å². The van der Waals surface area contributed by atoms with Crippen LogP contribution in [0.25, 0.3) is 0 Å². The van der Waals surface area contributed by atoms with Crippen molar-refractivity contribution in [2.24, 2.45) is 10.9 Å². The minimum Gasteiger partial charge on any atom is -0.493 e. The summed E-state index contributed by atoms with van der Waals surface area (Å²) in [6, 6.07) is 11.6. The van der Waals surface area contributed by atoms with Crippen molar-refractivity contribution < 1.29 is 19.0 Å². The lowest BCUT2D eigenvalue weighted by atomic mass is 10.1. The predicted molar refractivity (Wildman–Crippen MR) is 128 cm³/mol. The van der Waals surface area contributed by atoms with Crippen LogP contribution in [0.5, 0.6) is 17.2 Å². The van der Waals surface area contributed by atoms with Crippen molar-refractivity contribution in [2.45, 2.75) is 33.4 Å². The normalized spacial score (nSPS) is 11.2. The summed E-state index contributed by atoms with van der Waals surface area (Å²) < 4.78 is 16.2. The number of aliphatic imine (C=N–C) groups is 1. The van der Waals surface area contributed by atoms with Crippen LogP contribution < -0.4 is 30.2 Å². The Hall–Kier alpha value is -3.42. The molecule has 0 bridgehead atoms. The first-order chi connectivity index (χ1) is 15.4. The first-order valence-electron chi connectivity index (χ1n) is 10.5. The van der Waals surface area contributed by atoms with E-state index in [0.717, 1.165) is 16.8 Å². The van der Waals surface area contributed by atoms with Gasteiger partial charge in [0.1, 0.15) is 0 Å². The molecule has 0 saturated carbocycles. The smallest absolute Gasteiger partial charge is 0.224 e. The van der Waals surface area contributed by atoms with Gasteiger partial charge < -0.3 is 30.2 Å². The van der Waals surface area contributed by atoms with Crippen LogP contribution in [-0.4, -0.2) is 40.2 Å². The summed E-state index contributed by atoms with van der Waals surface area (Å²) in [5, 5.41) is 9.52. The Morgan fingerprint density at radius 1 is 0.938 bits per heavy atom. The number of hydrogen-bond donors (Lipinski definition) is 3. The molecular formula is C24H34N4O4. The topological polar surface area (TPSA) is 93.2 Å². The van der Waals surface area contributed by atoms with Gasteiger partial charge in [0.2, 0.25) is 11.7 Å². The van der Waals surface area contributed by atoms with Crippen LogP contribution in [0.3, 0.4) is 0 Å². The standard InChI is InChI=1S/C24H34N4O4/c1-16(2)10-22(29)28-19-9-7-8-17(11-19)14-26-24(25-3)27-15-18-12-20(30-4)23(32-6)21(13-18)31-5/h7-9,11-13,16H,10,14-15H2,1-6H3,(H,28,29)(H2,25,26,27). The third kappa shape index (κ3) is 7.37. The summed E-state index contributed by atoms with van der Waals surface area (Å²) >= 11 is 0. The SMILES string of the molecule is CN=C(NCc1cccc(NC(=O)CC(C)C)c1)NCc1cc(OC)c(OC)c(OC)c1. The van der Waals surface area contributed by atoms with E-state index in [0.29, 0.717) is 48.6 Å². The summed E-state index contributed by atoms with van der Waals surface area (Å²) in [5.41, 5.74) is 2.77. The third-order valence-corrected chi connectivity index (χ3v) is 4.67. The van der Waals surface area contributed by atoms with Gasteiger partial charge in [0.25, 0.3) is 0 Å². The molecule has 2 rings (SSSR count). The molecule has 0 saturated heterocycles. The fraction of sp³-hybridized carbons (Fsp3) is 0.417. The van der Waals surface area contributed by atoms with Crippen molar-refractivity contribution >= 4 is 17.6 Å². The van der Waals surface area contributed by atoms with E-state index >= 15 is 0 Å². The molecule has 174 valence electrons. The van der Waals surface area contributed by atoms with Crippen molar-refractivity contribution in [3.8, 4) is 17.2 Å². The molecule has 0 atom stereocenters. The van der Waals surface area contributed by atoms with Crippen molar-refractivity contribution in [1.82, 2.24) is 10.6 Å². The van der Waals surface area contributed by atoms with Gasteiger partial charge in [0.15, 0.2) is 17.5 Å². The van der Waals surface area contributed by atoms with E-state index in [9.17, 15) is 4.79 Å². The third-order valence-electron chi connectivity index (χ3n) is 4.67. The fourth-order valence-electron chi connectivity index (χ4n) is 3.17. The van der Waals surface area contributed by atoms with Gasteiger partial charge in [-0.05, 0) is 41.3 Å². The van der Waals surface area contributed by atoms with Crippen LogP contribution in [0.1, 0.15) is 31.4 Å². The number of nitrogens with one attached hydrogen (secondary N) is 3. The highest BCUT2D eigenvalue weighted by Crippen LogP contribution is 2.38. The number of amides is 1. The Morgan fingerprint density at radius 2 is 1.56 bits per heavy atom. The second-order valence-corrected chi connectivity index (χ2v) is 7.66. The number of hydrogen-bond acceptors (Lipinski definition) is 5. The second kappa shape index (κ2) is 12.4. The van der Waals surface area contributed by atoms with Crippen LogP contribution in [-0.2, 0) is 17.9 Å². The van der Waals surface area contributed by atoms with Crippen LogP contribution in [0.2, 0.25) is 0 Å². The Morgan fingerprint density at radius 3 is 2.09 bits per heavy atom. The highest BCUT2D eigenvalue weighted by Gasteiger charge is 2.13. The molecule has 32 heavy (non-hydrogen) atoms. The molecule has 0 aliphatic rings. The van der Waals surface area contributed by atoms with Gasteiger partial charge in [0.05, 0.1) is 21.3 Å². The molecule has 0 fully saturated rings. The van der Waals surface area contributed by atoms with E-state index in [1.165, 1.54) is 0 Å². The first kappa shape index (κ1) is 24.8. The monoisotopic (exact) mass is 442 g/mol. The van der Waals surface area contributed by atoms with Crippen LogP contribution >= 0.6 is 0 Å². The number of rotatable bonds is 10. The molecule has 0 spiro atoms. The lowest BCUT2D eigenvalue weighted by molar-refractivity contribution is -0.116. The molecule has 3 N–H and O–H groups in total. The Bertz CT molecular complexity index is 903. The number of methoxy groups -OCH3 is 3. The molecular weight excluding hydrogens is 408 g/mol. The average Bonchev–Trinajstić information content (AvgIpc) is 2.77. The van der Waals surface area contributed by atoms with Crippen molar-refractivity contribution in [3.05, 3.63) is 47.5 Å². The average molecular weight is 443 g/mol. The number of benzene rings is 2. The summed E-state index contributed by atoms with van der Waals surface area (Å²) in [6.07, 6.45) is 0.500. The highest BCUT2D eigenvalue weighted by atomic mass is 16.5. The molecule has 1 amide bonds. The molecule has 0 aliphatic heterocycles. The number of guanidine groups is 1. The lowest BCUT2D eigenvalue weighted by Crippen LogP contribution is -2.36. The maximum absolute atomic E-state index is 12.0. The van der Waals surface area contributed by atoms with E-state index < -0.39 is 0 Å². The molecule has 2 aromatic carbocycles. The molecule has 2 aromatic rings. The maximum Gasteiger partial charge on any atom is 0.224 e. The summed E-state index contributed by atoms with van der Waals surface area (Å²) in [4.78, 5) is 16.3.